The Kier molecular flexibility index (Phi) is 7.32. The van der Waals surface area contributed by atoms with Crippen LogP contribution < -0.4 is 0 Å². The van der Waals surface area contributed by atoms with Gasteiger partial charge in [0.05, 0.1) is 13.2 Å². The van der Waals surface area contributed by atoms with Gasteiger partial charge in [0.25, 0.3) is 0 Å². The van der Waals surface area contributed by atoms with Crippen LogP contribution in [0.4, 0.5) is 0 Å². The van der Waals surface area contributed by atoms with Gasteiger partial charge in [-0.15, -0.1) is 0 Å². The second-order valence-electron chi connectivity index (χ2n) is 8.24. The number of hydrogen-bond acceptors (Lipinski definition) is 4. The van der Waals surface area contributed by atoms with Crippen molar-refractivity contribution >= 4 is 11.8 Å². The quantitative estimate of drug-likeness (QED) is 0.598. The maximum Gasteiger partial charge on any atom is 0.242 e. The highest BCUT2D eigenvalue weighted by molar-refractivity contribution is 5.88. The first kappa shape index (κ1) is 22.1. The Morgan fingerprint density at radius 3 is 2.50 bits per heavy atom. The third-order valence-electron chi connectivity index (χ3n) is 5.61. The average Bonchev–Trinajstić information content (AvgIpc) is 3.44. The lowest BCUT2D eigenvalue weighted by Gasteiger charge is -2.30. The van der Waals surface area contributed by atoms with E-state index in [0.717, 1.165) is 17.9 Å². The van der Waals surface area contributed by atoms with Gasteiger partial charge in [0.1, 0.15) is 18.1 Å². The highest BCUT2D eigenvalue weighted by Gasteiger charge is 2.46. The van der Waals surface area contributed by atoms with Crippen molar-refractivity contribution in [2.24, 2.45) is 5.92 Å². The Hall–Kier alpha value is -2.60. The molecule has 0 N–H and O–H groups in total. The van der Waals surface area contributed by atoms with Crippen LogP contribution in [-0.2, 0) is 20.9 Å². The lowest BCUT2D eigenvalue weighted by Crippen LogP contribution is -2.47. The molecular formula is C24H32N2O4. The molecule has 0 saturated heterocycles. The van der Waals surface area contributed by atoms with Crippen molar-refractivity contribution in [3.05, 3.63) is 59.5 Å². The summed E-state index contributed by atoms with van der Waals surface area (Å²) < 4.78 is 10.8. The van der Waals surface area contributed by atoms with Crippen LogP contribution in [0.2, 0.25) is 0 Å². The molecule has 0 unspecified atom stereocenters. The maximum absolute atomic E-state index is 13.2. The van der Waals surface area contributed by atoms with Gasteiger partial charge in [0.2, 0.25) is 11.8 Å². The molecule has 0 bridgehead atoms. The molecule has 1 aromatic carbocycles. The van der Waals surface area contributed by atoms with Crippen LogP contribution in [0.15, 0.2) is 46.9 Å². The van der Waals surface area contributed by atoms with Crippen molar-refractivity contribution in [3.8, 4) is 0 Å². The van der Waals surface area contributed by atoms with Gasteiger partial charge >= 0.3 is 0 Å². The Morgan fingerprint density at radius 2 is 1.90 bits per heavy atom. The van der Waals surface area contributed by atoms with Gasteiger partial charge in [-0.25, -0.2) is 0 Å². The number of benzene rings is 1. The van der Waals surface area contributed by atoms with E-state index in [0.29, 0.717) is 19.7 Å². The van der Waals surface area contributed by atoms with E-state index in [1.807, 2.05) is 51.1 Å². The van der Waals surface area contributed by atoms with E-state index in [9.17, 15) is 9.59 Å². The fourth-order valence-corrected chi connectivity index (χ4v) is 3.76. The molecule has 0 aliphatic heterocycles. The van der Waals surface area contributed by atoms with E-state index in [4.69, 9.17) is 9.15 Å². The molecule has 1 aliphatic rings. The highest BCUT2D eigenvalue weighted by Crippen LogP contribution is 2.48. The molecule has 30 heavy (non-hydrogen) atoms. The molecule has 1 aliphatic carbocycles. The van der Waals surface area contributed by atoms with Crippen molar-refractivity contribution in [2.45, 2.75) is 45.7 Å². The second-order valence-corrected chi connectivity index (χ2v) is 8.24. The molecule has 162 valence electrons. The molecule has 0 radical (unpaired) electrons. The number of nitrogens with zero attached hydrogens (tertiary/aromatic N) is 2. The molecule has 1 fully saturated rings. The van der Waals surface area contributed by atoms with E-state index in [2.05, 4.69) is 12.1 Å². The van der Waals surface area contributed by atoms with Crippen LogP contribution in [0.3, 0.4) is 0 Å². The predicted molar refractivity (Wildman–Crippen MR) is 115 cm³/mol. The SMILES string of the molecule is COCCN(Cc1ccc(C)o1)C(=O)CN(C(=O)[C@@H]1C[C@H]1c1ccccc1)C(C)C. The zero-order chi connectivity index (χ0) is 21.7. The van der Waals surface area contributed by atoms with Gasteiger partial charge in [0.15, 0.2) is 0 Å². The number of carbonyl (C=O) groups excluding carboxylic acids is 2. The Bertz CT molecular complexity index is 846. The first-order valence-electron chi connectivity index (χ1n) is 10.6. The molecule has 1 aromatic heterocycles. The Morgan fingerprint density at radius 1 is 1.17 bits per heavy atom. The molecule has 0 spiro atoms. The number of hydrogen-bond donors (Lipinski definition) is 0. The summed E-state index contributed by atoms with van der Waals surface area (Å²) >= 11 is 0. The number of aryl methyl sites for hydroxylation is 1. The van der Waals surface area contributed by atoms with Gasteiger partial charge in [0, 0.05) is 25.6 Å². The summed E-state index contributed by atoms with van der Waals surface area (Å²) in [4.78, 5) is 29.7. The molecule has 2 aromatic rings. The van der Waals surface area contributed by atoms with Crippen molar-refractivity contribution in [3.63, 3.8) is 0 Å². The van der Waals surface area contributed by atoms with Gasteiger partial charge < -0.3 is 19.0 Å². The second kappa shape index (κ2) is 9.94. The molecule has 6 nitrogen and oxygen atoms in total. The molecule has 1 saturated carbocycles. The lowest BCUT2D eigenvalue weighted by atomic mass is 10.1. The van der Waals surface area contributed by atoms with Crippen molar-refractivity contribution in [2.75, 3.05) is 26.8 Å². The zero-order valence-electron chi connectivity index (χ0n) is 18.3. The lowest BCUT2D eigenvalue weighted by molar-refractivity contribution is -0.143. The predicted octanol–water partition coefficient (Wildman–Crippen LogP) is 3.60. The molecule has 1 heterocycles. The van der Waals surface area contributed by atoms with Crippen LogP contribution in [0.1, 0.15) is 43.3 Å². The molecule has 3 rings (SSSR count). The Balaban J connectivity index is 1.66. The summed E-state index contributed by atoms with van der Waals surface area (Å²) in [6.07, 6.45) is 0.847. The maximum atomic E-state index is 13.2. The van der Waals surface area contributed by atoms with Crippen molar-refractivity contribution < 1.29 is 18.7 Å². The smallest absolute Gasteiger partial charge is 0.242 e. The number of amides is 2. The van der Waals surface area contributed by atoms with Gasteiger partial charge in [-0.05, 0) is 50.8 Å². The first-order chi connectivity index (χ1) is 14.4. The molecule has 6 heteroatoms. The summed E-state index contributed by atoms with van der Waals surface area (Å²) in [5.41, 5.74) is 1.20. The summed E-state index contributed by atoms with van der Waals surface area (Å²) in [5.74, 6) is 1.72. The topological polar surface area (TPSA) is 63.0 Å². The van der Waals surface area contributed by atoms with Crippen LogP contribution >= 0.6 is 0 Å². The van der Waals surface area contributed by atoms with Crippen LogP contribution in [0, 0.1) is 12.8 Å². The summed E-state index contributed by atoms with van der Waals surface area (Å²) in [6, 6.07) is 13.8. The third kappa shape index (κ3) is 5.51. The highest BCUT2D eigenvalue weighted by atomic mass is 16.5. The van der Waals surface area contributed by atoms with E-state index < -0.39 is 0 Å². The zero-order valence-corrected chi connectivity index (χ0v) is 18.3. The average molecular weight is 413 g/mol. The normalized spacial score (nSPS) is 17.8. The van der Waals surface area contributed by atoms with E-state index in [1.165, 1.54) is 5.56 Å². The van der Waals surface area contributed by atoms with Crippen LogP contribution in [0.5, 0.6) is 0 Å². The van der Waals surface area contributed by atoms with Gasteiger partial charge in [-0.2, -0.15) is 0 Å². The Labute approximate surface area is 178 Å². The number of carbonyl (C=O) groups is 2. The molecule has 2 amide bonds. The van der Waals surface area contributed by atoms with E-state index in [-0.39, 0.29) is 36.2 Å². The fraction of sp³-hybridized carbons (Fsp3) is 0.500. The minimum absolute atomic E-state index is 0.0391. The monoisotopic (exact) mass is 412 g/mol. The van der Waals surface area contributed by atoms with Crippen molar-refractivity contribution in [1.82, 2.24) is 9.80 Å². The third-order valence-corrected chi connectivity index (χ3v) is 5.61. The number of methoxy groups -OCH3 is 1. The minimum atomic E-state index is -0.0972. The number of rotatable bonds is 10. The molecular weight excluding hydrogens is 380 g/mol. The fourth-order valence-electron chi connectivity index (χ4n) is 3.76. The van der Waals surface area contributed by atoms with E-state index >= 15 is 0 Å². The van der Waals surface area contributed by atoms with Gasteiger partial charge in [-0.1, -0.05) is 30.3 Å². The van der Waals surface area contributed by atoms with E-state index in [1.54, 1.807) is 16.9 Å². The van der Waals surface area contributed by atoms with Crippen LogP contribution in [0.25, 0.3) is 0 Å². The summed E-state index contributed by atoms with van der Waals surface area (Å²) in [7, 11) is 1.61. The minimum Gasteiger partial charge on any atom is -0.464 e. The summed E-state index contributed by atoms with van der Waals surface area (Å²) in [5, 5.41) is 0. The van der Waals surface area contributed by atoms with Crippen LogP contribution in [-0.4, -0.2) is 54.5 Å². The first-order valence-corrected chi connectivity index (χ1v) is 10.6. The number of furan rings is 1. The van der Waals surface area contributed by atoms with Gasteiger partial charge in [-0.3, -0.25) is 9.59 Å². The number of ether oxygens (including phenoxy) is 1. The standard InChI is InChI=1S/C24H32N2O4/c1-17(2)26(24(28)22-14-21(22)19-8-6-5-7-9-19)16-23(27)25(12-13-29-4)15-20-11-10-18(3)30-20/h5-11,17,21-22H,12-16H2,1-4H3/t21-,22+/m0/s1. The molecule has 2 atom stereocenters. The largest absolute Gasteiger partial charge is 0.464 e. The van der Waals surface area contributed by atoms with Crippen molar-refractivity contribution in [1.29, 1.82) is 0 Å². The summed E-state index contributed by atoms with van der Waals surface area (Å²) in [6.45, 7) is 7.11.